The fraction of sp³-hybridized carbons (Fsp3) is 1.00. The van der Waals surface area contributed by atoms with Crippen molar-refractivity contribution in [3.63, 3.8) is 0 Å². The second kappa shape index (κ2) is 2.99. The molecular weight excluding hydrogens is 153 g/mol. The minimum Gasteiger partial charge on any atom is -0.317 e. The van der Waals surface area contributed by atoms with Crippen molar-refractivity contribution in [2.45, 2.75) is 38.8 Å². The van der Waals surface area contributed by atoms with Gasteiger partial charge in [0.2, 0.25) is 0 Å². The smallest absolute Gasteiger partial charge is 0.103 e. The van der Waals surface area contributed by atoms with Gasteiger partial charge in [0.1, 0.15) is 6.17 Å². The van der Waals surface area contributed by atoms with E-state index in [1.54, 1.807) is 0 Å². The summed E-state index contributed by atoms with van der Waals surface area (Å²) in [7, 11) is 0. The van der Waals surface area contributed by atoms with Crippen LogP contribution in [0.4, 0.5) is 4.39 Å². The van der Waals surface area contributed by atoms with Crippen molar-refractivity contribution >= 4 is 0 Å². The van der Waals surface area contributed by atoms with Crippen LogP contribution < -0.4 is 5.32 Å². The lowest BCUT2D eigenvalue weighted by Crippen LogP contribution is -2.35. The van der Waals surface area contributed by atoms with Crippen LogP contribution in [0.2, 0.25) is 0 Å². The molecule has 1 saturated heterocycles. The van der Waals surface area contributed by atoms with E-state index in [0.717, 1.165) is 25.9 Å². The summed E-state index contributed by atoms with van der Waals surface area (Å²) >= 11 is 0. The molecule has 2 rings (SSSR count). The lowest BCUT2D eigenvalue weighted by atomic mass is 9.77. The summed E-state index contributed by atoms with van der Waals surface area (Å²) in [6, 6.07) is 0. The Labute approximate surface area is 73.7 Å². The highest BCUT2D eigenvalue weighted by Crippen LogP contribution is 2.48. The molecular formula is C10H18FN. The monoisotopic (exact) mass is 171 g/mol. The lowest BCUT2D eigenvalue weighted by molar-refractivity contribution is 0.190. The van der Waals surface area contributed by atoms with Gasteiger partial charge in [-0.2, -0.15) is 0 Å². The lowest BCUT2D eigenvalue weighted by Gasteiger charge is -2.33. The first-order valence-corrected chi connectivity index (χ1v) is 5.07. The number of alkyl halides is 1. The molecule has 0 aromatic rings. The van der Waals surface area contributed by atoms with E-state index in [0.29, 0.717) is 11.3 Å². The fourth-order valence-electron chi connectivity index (χ4n) is 2.87. The molecule has 1 heterocycles. The van der Waals surface area contributed by atoms with Gasteiger partial charge in [0.25, 0.3) is 0 Å². The van der Waals surface area contributed by atoms with Gasteiger partial charge < -0.3 is 5.32 Å². The summed E-state index contributed by atoms with van der Waals surface area (Å²) in [6.45, 7) is 4.25. The zero-order chi connectivity index (χ0) is 8.60. The summed E-state index contributed by atoms with van der Waals surface area (Å²) in [5.41, 5.74) is 0.379. The third-order valence-corrected chi connectivity index (χ3v) is 3.66. The van der Waals surface area contributed by atoms with Crippen molar-refractivity contribution in [1.29, 1.82) is 0 Å². The third kappa shape index (κ3) is 1.37. The molecule has 1 N–H and O–H groups in total. The zero-order valence-electron chi connectivity index (χ0n) is 7.78. The third-order valence-electron chi connectivity index (χ3n) is 3.66. The highest BCUT2D eigenvalue weighted by molar-refractivity contribution is 4.95. The van der Waals surface area contributed by atoms with Gasteiger partial charge in [0.15, 0.2) is 0 Å². The van der Waals surface area contributed by atoms with Crippen LogP contribution in [0.25, 0.3) is 0 Å². The molecule has 12 heavy (non-hydrogen) atoms. The van der Waals surface area contributed by atoms with Crippen LogP contribution in [-0.2, 0) is 0 Å². The Balaban J connectivity index is 2.02. The van der Waals surface area contributed by atoms with Gasteiger partial charge in [-0.15, -0.1) is 0 Å². The number of piperidine rings is 1. The van der Waals surface area contributed by atoms with E-state index in [-0.39, 0.29) is 0 Å². The molecule has 2 heteroatoms. The molecule has 1 nitrogen and oxygen atoms in total. The van der Waals surface area contributed by atoms with Crippen LogP contribution in [0.15, 0.2) is 0 Å². The van der Waals surface area contributed by atoms with Crippen molar-refractivity contribution in [2.24, 2.45) is 11.3 Å². The van der Waals surface area contributed by atoms with Crippen molar-refractivity contribution in [3.8, 4) is 0 Å². The Kier molecular flexibility index (Phi) is 2.11. The summed E-state index contributed by atoms with van der Waals surface area (Å²) in [5.74, 6) is 0.308. The summed E-state index contributed by atoms with van der Waals surface area (Å²) < 4.78 is 13.3. The molecule has 0 aromatic heterocycles. The number of rotatable bonds is 0. The molecule has 0 aromatic carbocycles. The Morgan fingerprint density at radius 2 is 1.92 bits per heavy atom. The second-order valence-electron chi connectivity index (χ2n) is 4.65. The van der Waals surface area contributed by atoms with Crippen molar-refractivity contribution in [1.82, 2.24) is 5.32 Å². The zero-order valence-corrected chi connectivity index (χ0v) is 7.78. The quantitative estimate of drug-likeness (QED) is 0.588. The maximum atomic E-state index is 13.3. The van der Waals surface area contributed by atoms with E-state index >= 15 is 0 Å². The molecule has 1 spiro atoms. The SMILES string of the molecule is CC1CC2(CCNCC2)CC1F. The molecule has 1 aliphatic carbocycles. The highest BCUT2D eigenvalue weighted by Gasteiger charge is 2.43. The molecule has 2 aliphatic rings. The van der Waals surface area contributed by atoms with E-state index < -0.39 is 6.17 Å². The molecule has 2 unspecified atom stereocenters. The van der Waals surface area contributed by atoms with E-state index in [1.807, 2.05) is 0 Å². The van der Waals surface area contributed by atoms with Crippen LogP contribution in [0.5, 0.6) is 0 Å². The average Bonchev–Trinajstić information content (AvgIpc) is 2.29. The second-order valence-corrected chi connectivity index (χ2v) is 4.65. The molecule has 1 saturated carbocycles. The van der Waals surface area contributed by atoms with Crippen molar-refractivity contribution in [2.75, 3.05) is 13.1 Å². The minimum absolute atomic E-state index is 0.308. The Morgan fingerprint density at radius 1 is 1.25 bits per heavy atom. The maximum absolute atomic E-state index is 13.3. The minimum atomic E-state index is -0.525. The van der Waals surface area contributed by atoms with Gasteiger partial charge in [0.05, 0.1) is 0 Å². The topological polar surface area (TPSA) is 12.0 Å². The van der Waals surface area contributed by atoms with Gasteiger partial charge in [0, 0.05) is 0 Å². The fourth-order valence-corrected chi connectivity index (χ4v) is 2.87. The van der Waals surface area contributed by atoms with E-state index in [9.17, 15) is 4.39 Å². The van der Waals surface area contributed by atoms with Crippen LogP contribution in [0.1, 0.15) is 32.6 Å². The van der Waals surface area contributed by atoms with Crippen molar-refractivity contribution < 1.29 is 4.39 Å². The van der Waals surface area contributed by atoms with Gasteiger partial charge in [-0.1, -0.05) is 6.92 Å². The molecule has 0 bridgehead atoms. The van der Waals surface area contributed by atoms with Gasteiger partial charge in [-0.05, 0) is 50.1 Å². The van der Waals surface area contributed by atoms with E-state index in [1.165, 1.54) is 12.8 Å². The first-order chi connectivity index (χ1) is 5.72. The molecule has 0 amide bonds. The van der Waals surface area contributed by atoms with Gasteiger partial charge in [-0.3, -0.25) is 0 Å². The largest absolute Gasteiger partial charge is 0.317 e. The molecule has 2 atom stereocenters. The van der Waals surface area contributed by atoms with Gasteiger partial charge in [-0.25, -0.2) is 4.39 Å². The van der Waals surface area contributed by atoms with Crippen LogP contribution in [-0.4, -0.2) is 19.3 Å². The number of hydrogen-bond acceptors (Lipinski definition) is 1. The van der Waals surface area contributed by atoms with Crippen molar-refractivity contribution in [3.05, 3.63) is 0 Å². The highest BCUT2D eigenvalue weighted by atomic mass is 19.1. The number of nitrogens with one attached hydrogen (secondary N) is 1. The van der Waals surface area contributed by atoms with E-state index in [2.05, 4.69) is 12.2 Å². The number of halogens is 1. The normalized spacial score (nSPS) is 40.5. The maximum Gasteiger partial charge on any atom is 0.103 e. The first kappa shape index (κ1) is 8.49. The average molecular weight is 171 g/mol. The van der Waals surface area contributed by atoms with Gasteiger partial charge >= 0.3 is 0 Å². The summed E-state index contributed by atoms with van der Waals surface area (Å²) in [4.78, 5) is 0. The molecule has 0 radical (unpaired) electrons. The number of hydrogen-bond donors (Lipinski definition) is 1. The predicted octanol–water partition coefficient (Wildman–Crippen LogP) is 2.12. The summed E-state index contributed by atoms with van der Waals surface area (Å²) in [6.07, 6.45) is 3.81. The standard InChI is InChI=1S/C10H18FN/c1-8-6-10(7-9(8)11)2-4-12-5-3-10/h8-9,12H,2-7H2,1H3. The molecule has 1 aliphatic heterocycles. The van der Waals surface area contributed by atoms with E-state index in [4.69, 9.17) is 0 Å². The molecule has 70 valence electrons. The Morgan fingerprint density at radius 3 is 2.42 bits per heavy atom. The molecule has 2 fully saturated rings. The van der Waals surface area contributed by atoms with Crippen LogP contribution in [0, 0.1) is 11.3 Å². The summed E-state index contributed by atoms with van der Waals surface area (Å²) in [5, 5.41) is 3.34. The Hall–Kier alpha value is -0.110. The Bertz CT molecular complexity index is 151. The first-order valence-electron chi connectivity index (χ1n) is 5.07. The van der Waals surface area contributed by atoms with Crippen LogP contribution >= 0.6 is 0 Å². The van der Waals surface area contributed by atoms with Crippen LogP contribution in [0.3, 0.4) is 0 Å². The predicted molar refractivity (Wildman–Crippen MR) is 47.8 cm³/mol.